The first-order valence-electron chi connectivity index (χ1n) is 10.9. The largest absolute Gasteiger partial charge is 0.347 e. The summed E-state index contributed by atoms with van der Waals surface area (Å²) in [5.41, 5.74) is 2.33. The third kappa shape index (κ3) is 2.11. The van der Waals surface area contributed by atoms with Crippen LogP contribution in [0.4, 0.5) is 0 Å². The van der Waals surface area contributed by atoms with Gasteiger partial charge in [0.1, 0.15) is 0 Å². The van der Waals surface area contributed by atoms with Crippen LogP contribution in [0.1, 0.15) is 46.3 Å². The molecule has 0 atom stereocenters. The number of carbonyl (C=O) groups excluding carboxylic acids is 1. The number of rotatable bonds is 4. The zero-order valence-electron chi connectivity index (χ0n) is 17.9. The topological polar surface area (TPSA) is 28.5 Å². The molecule has 0 N–H and O–H groups in total. The van der Waals surface area contributed by atoms with Crippen LogP contribution in [0.2, 0.25) is 0 Å². The number of aryl methyl sites for hydroxylation is 1. The molecule has 4 nitrogen and oxygen atoms in total. The Hall–Kier alpha value is -1.65. The molecule has 0 amide bonds. The van der Waals surface area contributed by atoms with Gasteiger partial charge >= 0.3 is 0 Å². The highest BCUT2D eigenvalue weighted by Crippen LogP contribution is 2.57. The average molecular weight is 380 g/mol. The molecule has 4 heteroatoms. The van der Waals surface area contributed by atoms with Gasteiger partial charge in [-0.2, -0.15) is 0 Å². The van der Waals surface area contributed by atoms with Crippen LogP contribution >= 0.6 is 0 Å². The van der Waals surface area contributed by atoms with Gasteiger partial charge in [-0.05, 0) is 24.8 Å². The molecule has 0 unspecified atom stereocenters. The van der Waals surface area contributed by atoms with Gasteiger partial charge in [-0.15, -0.1) is 0 Å². The van der Waals surface area contributed by atoms with E-state index >= 15 is 0 Å². The lowest BCUT2D eigenvalue weighted by Gasteiger charge is -2.68. The zero-order valence-corrected chi connectivity index (χ0v) is 17.9. The van der Waals surface area contributed by atoms with E-state index in [1.54, 1.807) is 0 Å². The summed E-state index contributed by atoms with van der Waals surface area (Å²) in [6.45, 7) is 15.8. The van der Waals surface area contributed by atoms with Crippen molar-refractivity contribution in [3.63, 3.8) is 0 Å². The Morgan fingerprint density at radius 1 is 0.964 bits per heavy atom. The summed E-state index contributed by atoms with van der Waals surface area (Å²) in [5, 5.41) is 1.37. The highest BCUT2D eigenvalue weighted by Gasteiger charge is 2.67. The van der Waals surface area contributed by atoms with Gasteiger partial charge in [0.15, 0.2) is 5.78 Å². The molecule has 1 aromatic carbocycles. The smallest absolute Gasteiger partial charge is 0.150 e. The number of carbonyl (C=O) groups is 1. The van der Waals surface area contributed by atoms with Crippen LogP contribution in [0.15, 0.2) is 30.5 Å². The van der Waals surface area contributed by atoms with E-state index in [-0.39, 0.29) is 10.8 Å². The molecular weight excluding hydrogens is 346 g/mol. The van der Waals surface area contributed by atoms with Crippen LogP contribution in [0, 0.1) is 22.7 Å². The molecule has 0 aliphatic carbocycles. The second kappa shape index (κ2) is 5.93. The fraction of sp³-hybridized carbons (Fsp3) is 0.625. The first-order chi connectivity index (χ1) is 13.3. The van der Waals surface area contributed by atoms with Gasteiger partial charge in [-0.3, -0.25) is 14.6 Å². The zero-order chi connectivity index (χ0) is 19.8. The summed E-state index contributed by atoms with van der Waals surface area (Å²) in [6, 6.07) is 8.79. The lowest BCUT2D eigenvalue weighted by Crippen LogP contribution is -2.78. The van der Waals surface area contributed by atoms with Crippen LogP contribution in [0.25, 0.3) is 10.9 Å². The third-order valence-electron chi connectivity index (χ3n) is 8.19. The normalized spacial score (nSPS) is 37.0. The van der Waals surface area contributed by atoms with E-state index in [1.807, 2.05) is 0 Å². The van der Waals surface area contributed by atoms with E-state index < -0.39 is 0 Å². The maximum atomic E-state index is 13.7. The van der Waals surface area contributed by atoms with E-state index in [0.29, 0.717) is 23.8 Å². The Labute approximate surface area is 168 Å². The molecule has 1 aromatic heterocycles. The van der Waals surface area contributed by atoms with Crippen molar-refractivity contribution in [2.45, 2.75) is 47.3 Å². The van der Waals surface area contributed by atoms with Crippen molar-refractivity contribution < 1.29 is 4.79 Å². The van der Waals surface area contributed by atoms with E-state index in [1.165, 1.54) is 16.5 Å². The second-order valence-corrected chi connectivity index (χ2v) is 10.0. The van der Waals surface area contributed by atoms with Crippen molar-refractivity contribution in [3.05, 3.63) is 36.0 Å². The number of fused-ring (bicyclic) bond motifs is 1. The Morgan fingerprint density at radius 3 is 2.00 bits per heavy atom. The van der Waals surface area contributed by atoms with Gasteiger partial charge in [0.25, 0.3) is 0 Å². The van der Waals surface area contributed by atoms with Gasteiger partial charge in [0.05, 0.1) is 17.0 Å². The SMILES string of the molecule is CCn1cc(C2N3CC4(C(C)C)CN2CC(C(C)C)(C3)C4=O)c2ccccc21. The lowest BCUT2D eigenvalue weighted by molar-refractivity contribution is -0.217. The molecular formula is C24H33N3O. The molecule has 4 aliphatic rings. The molecule has 6 rings (SSSR count). The van der Waals surface area contributed by atoms with Gasteiger partial charge in [0, 0.05) is 55.4 Å². The molecule has 4 aliphatic heterocycles. The van der Waals surface area contributed by atoms with E-state index in [2.05, 4.69) is 79.4 Å². The summed E-state index contributed by atoms with van der Waals surface area (Å²) in [4.78, 5) is 19.0. The molecule has 0 saturated carbocycles. The quantitative estimate of drug-likeness (QED) is 0.799. The Balaban J connectivity index is 1.65. The minimum absolute atomic E-state index is 0.208. The lowest BCUT2D eigenvalue weighted by atomic mass is 9.53. The van der Waals surface area contributed by atoms with Crippen molar-refractivity contribution >= 4 is 16.7 Å². The van der Waals surface area contributed by atoms with Crippen molar-refractivity contribution in [3.8, 4) is 0 Å². The number of aromatic nitrogens is 1. The number of para-hydroxylation sites is 1. The third-order valence-corrected chi connectivity index (χ3v) is 8.19. The summed E-state index contributed by atoms with van der Waals surface area (Å²) < 4.78 is 2.37. The van der Waals surface area contributed by atoms with Crippen molar-refractivity contribution in [1.29, 1.82) is 0 Å². The fourth-order valence-electron chi connectivity index (χ4n) is 6.41. The Morgan fingerprint density at radius 2 is 1.50 bits per heavy atom. The van der Waals surface area contributed by atoms with E-state index in [9.17, 15) is 4.79 Å². The van der Waals surface area contributed by atoms with Crippen molar-refractivity contribution in [2.75, 3.05) is 26.2 Å². The standard InChI is InChI=1S/C24H33N3O/c1-6-25-11-19(18-9-7-8-10-20(18)25)21-26-12-23(16(2)3)13-27(21)15-24(14-26,17(4)5)22(23)28/h7-11,16-17,21H,6,12-15H2,1-5H3. The monoisotopic (exact) mass is 379 g/mol. The van der Waals surface area contributed by atoms with Gasteiger partial charge < -0.3 is 4.57 Å². The molecule has 0 spiro atoms. The minimum Gasteiger partial charge on any atom is -0.347 e. The summed E-state index contributed by atoms with van der Waals surface area (Å²) in [6.07, 6.45) is 2.66. The van der Waals surface area contributed by atoms with Gasteiger partial charge in [0.2, 0.25) is 0 Å². The number of ketones is 1. The number of Topliss-reactive ketones (excluding diaryl/α,β-unsaturated/α-hetero) is 1. The van der Waals surface area contributed by atoms with Crippen LogP contribution < -0.4 is 0 Å². The Kier molecular flexibility index (Phi) is 3.89. The minimum atomic E-state index is -0.208. The number of hydrogen-bond donors (Lipinski definition) is 0. The van der Waals surface area contributed by atoms with Crippen molar-refractivity contribution in [1.82, 2.24) is 14.4 Å². The number of nitrogens with zero attached hydrogens (tertiary/aromatic N) is 3. The summed E-state index contributed by atoms with van der Waals surface area (Å²) >= 11 is 0. The van der Waals surface area contributed by atoms with E-state index in [0.717, 1.165) is 32.7 Å². The van der Waals surface area contributed by atoms with Crippen LogP contribution in [-0.2, 0) is 11.3 Å². The average Bonchev–Trinajstić information content (AvgIpc) is 3.03. The summed E-state index contributed by atoms with van der Waals surface area (Å²) in [5.74, 6) is 1.30. The Bertz CT molecular complexity index is 894. The van der Waals surface area contributed by atoms with Crippen LogP contribution in [0.5, 0.6) is 0 Å². The van der Waals surface area contributed by atoms with Crippen LogP contribution in [0.3, 0.4) is 0 Å². The molecule has 4 fully saturated rings. The molecule has 4 saturated heterocycles. The number of benzene rings is 1. The number of hydrogen-bond acceptors (Lipinski definition) is 3. The number of piperidine rings is 2. The molecule has 4 bridgehead atoms. The fourth-order valence-corrected chi connectivity index (χ4v) is 6.41. The molecule has 150 valence electrons. The maximum Gasteiger partial charge on any atom is 0.150 e. The predicted octanol–water partition coefficient (Wildman–Crippen LogP) is 4.16. The van der Waals surface area contributed by atoms with Crippen LogP contribution in [-0.4, -0.2) is 46.3 Å². The first-order valence-corrected chi connectivity index (χ1v) is 10.9. The second-order valence-electron chi connectivity index (χ2n) is 10.0. The highest BCUT2D eigenvalue weighted by molar-refractivity contribution is 5.94. The van der Waals surface area contributed by atoms with Gasteiger partial charge in [-0.25, -0.2) is 0 Å². The van der Waals surface area contributed by atoms with Gasteiger partial charge in [-0.1, -0.05) is 45.9 Å². The molecule has 0 radical (unpaired) electrons. The van der Waals surface area contributed by atoms with Crippen molar-refractivity contribution in [2.24, 2.45) is 22.7 Å². The van der Waals surface area contributed by atoms with E-state index in [4.69, 9.17) is 0 Å². The highest BCUT2D eigenvalue weighted by atomic mass is 16.1. The molecule has 5 heterocycles. The first kappa shape index (κ1) is 18.4. The summed E-state index contributed by atoms with van der Waals surface area (Å²) in [7, 11) is 0. The molecule has 28 heavy (non-hydrogen) atoms. The molecule has 2 aromatic rings. The predicted molar refractivity (Wildman–Crippen MR) is 113 cm³/mol. The maximum absolute atomic E-state index is 13.7.